The molecule has 1 N–H and O–H groups in total. The van der Waals surface area contributed by atoms with Crippen LogP contribution in [0.4, 0.5) is 4.79 Å². The Hall–Kier alpha value is -2.33. The molecular formula is C21H25NO3. The van der Waals surface area contributed by atoms with Gasteiger partial charge in [-0.2, -0.15) is 0 Å². The van der Waals surface area contributed by atoms with Crippen LogP contribution in [0, 0.1) is 0 Å². The van der Waals surface area contributed by atoms with Crippen molar-refractivity contribution in [3.8, 4) is 11.1 Å². The second kappa shape index (κ2) is 6.89. The second-order valence-electron chi connectivity index (χ2n) is 7.02. The van der Waals surface area contributed by atoms with E-state index in [1.165, 1.54) is 22.3 Å². The number of amides is 1. The first-order chi connectivity index (χ1) is 12.0. The van der Waals surface area contributed by atoms with E-state index in [2.05, 4.69) is 24.3 Å². The fourth-order valence-corrected chi connectivity index (χ4v) is 3.56. The molecule has 0 unspecified atom stereocenters. The molecule has 0 fully saturated rings. The summed E-state index contributed by atoms with van der Waals surface area (Å²) >= 11 is 0. The van der Waals surface area contributed by atoms with E-state index in [-0.39, 0.29) is 18.6 Å². The summed E-state index contributed by atoms with van der Waals surface area (Å²) in [6.45, 7) is 6.23. The van der Waals surface area contributed by atoms with Crippen molar-refractivity contribution >= 4 is 6.09 Å². The molecule has 0 saturated heterocycles. The van der Waals surface area contributed by atoms with Gasteiger partial charge in [-0.1, -0.05) is 48.5 Å². The topological polar surface area (TPSA) is 49.8 Å². The van der Waals surface area contributed by atoms with Crippen LogP contribution >= 0.6 is 0 Å². The molecule has 4 heteroatoms. The largest absolute Gasteiger partial charge is 0.448 e. The van der Waals surface area contributed by atoms with Gasteiger partial charge in [0.15, 0.2) is 0 Å². The van der Waals surface area contributed by atoms with E-state index >= 15 is 0 Å². The van der Waals surface area contributed by atoms with Gasteiger partial charge in [0.25, 0.3) is 0 Å². The SMILES string of the molecule is CCN(C(=O)OCC1c2ccccc2-c2ccccc21)C(C)(C)CO. The smallest absolute Gasteiger partial charge is 0.410 e. The average Bonchev–Trinajstić information content (AvgIpc) is 2.94. The zero-order valence-electron chi connectivity index (χ0n) is 15.0. The Bertz CT molecular complexity index is 724. The van der Waals surface area contributed by atoms with E-state index in [1.54, 1.807) is 4.90 Å². The van der Waals surface area contributed by atoms with E-state index in [0.29, 0.717) is 13.2 Å². The molecule has 1 amide bonds. The van der Waals surface area contributed by atoms with Crippen LogP contribution in [0.25, 0.3) is 11.1 Å². The van der Waals surface area contributed by atoms with Crippen molar-refractivity contribution in [3.63, 3.8) is 0 Å². The molecule has 0 saturated carbocycles. The molecule has 2 aromatic rings. The lowest BCUT2D eigenvalue weighted by Gasteiger charge is -2.35. The van der Waals surface area contributed by atoms with E-state index in [0.717, 1.165) is 0 Å². The minimum absolute atomic E-state index is 0.0484. The summed E-state index contributed by atoms with van der Waals surface area (Å²) in [5, 5.41) is 9.54. The summed E-state index contributed by atoms with van der Waals surface area (Å²) in [5.41, 5.74) is 4.17. The van der Waals surface area contributed by atoms with E-state index in [9.17, 15) is 9.90 Å². The number of carbonyl (C=O) groups excluding carboxylic acids is 1. The maximum absolute atomic E-state index is 12.6. The maximum Gasteiger partial charge on any atom is 0.410 e. The Morgan fingerprint density at radius 3 is 2.08 bits per heavy atom. The van der Waals surface area contributed by atoms with Gasteiger partial charge >= 0.3 is 6.09 Å². The van der Waals surface area contributed by atoms with Crippen LogP contribution in [0.5, 0.6) is 0 Å². The standard InChI is InChI=1S/C21H25NO3/c1-4-22(21(2,3)14-23)20(24)25-13-19-17-11-7-5-9-15(17)16-10-6-8-12-18(16)19/h5-12,19,23H,4,13-14H2,1-3H3. The summed E-state index contributed by atoms with van der Waals surface area (Å²) in [6, 6.07) is 16.5. The monoisotopic (exact) mass is 339 g/mol. The van der Waals surface area contributed by atoms with Crippen LogP contribution in [-0.2, 0) is 4.74 Å². The second-order valence-corrected chi connectivity index (χ2v) is 7.02. The Morgan fingerprint density at radius 2 is 1.60 bits per heavy atom. The number of rotatable bonds is 5. The van der Waals surface area contributed by atoms with Crippen LogP contribution in [0.15, 0.2) is 48.5 Å². The molecule has 0 radical (unpaired) electrons. The lowest BCUT2D eigenvalue weighted by atomic mass is 9.98. The summed E-state index contributed by atoms with van der Waals surface area (Å²) in [6.07, 6.45) is -0.386. The van der Waals surface area contributed by atoms with E-state index in [1.807, 2.05) is 45.0 Å². The quantitative estimate of drug-likeness (QED) is 0.895. The predicted octanol–water partition coefficient (Wildman–Crippen LogP) is 4.03. The Labute approximate surface area is 149 Å². The Morgan fingerprint density at radius 1 is 1.08 bits per heavy atom. The van der Waals surface area contributed by atoms with E-state index in [4.69, 9.17) is 4.74 Å². The third-order valence-corrected chi connectivity index (χ3v) is 4.99. The van der Waals surface area contributed by atoms with Crippen LogP contribution in [0.2, 0.25) is 0 Å². The molecule has 0 bridgehead atoms. The van der Waals surface area contributed by atoms with Crippen molar-refractivity contribution in [2.75, 3.05) is 19.8 Å². The summed E-state index contributed by atoms with van der Waals surface area (Å²) in [7, 11) is 0. The normalized spacial score (nSPS) is 13.3. The Kier molecular flexibility index (Phi) is 4.82. The number of carbonyl (C=O) groups is 1. The molecule has 4 nitrogen and oxygen atoms in total. The first kappa shape index (κ1) is 17.5. The fourth-order valence-electron chi connectivity index (χ4n) is 3.56. The van der Waals surface area contributed by atoms with Crippen LogP contribution in [0.1, 0.15) is 37.8 Å². The molecule has 0 aromatic heterocycles. The first-order valence-corrected chi connectivity index (χ1v) is 8.73. The Balaban J connectivity index is 1.81. The van der Waals surface area contributed by atoms with Gasteiger partial charge in [0.05, 0.1) is 12.1 Å². The van der Waals surface area contributed by atoms with Crippen LogP contribution < -0.4 is 0 Å². The summed E-state index contributed by atoms with van der Waals surface area (Å²) in [5.74, 6) is 0.0484. The maximum atomic E-state index is 12.6. The first-order valence-electron chi connectivity index (χ1n) is 8.73. The number of likely N-dealkylation sites (N-methyl/N-ethyl adjacent to an activating group) is 1. The molecule has 2 aromatic carbocycles. The van der Waals surface area contributed by atoms with Crippen molar-refractivity contribution in [3.05, 3.63) is 59.7 Å². The molecule has 0 heterocycles. The number of aliphatic hydroxyl groups excluding tert-OH is 1. The van der Waals surface area contributed by atoms with Gasteiger partial charge in [-0.25, -0.2) is 4.79 Å². The van der Waals surface area contributed by atoms with Crippen molar-refractivity contribution in [2.24, 2.45) is 0 Å². The highest BCUT2D eigenvalue weighted by Crippen LogP contribution is 2.44. The van der Waals surface area contributed by atoms with Gasteiger partial charge in [0, 0.05) is 12.5 Å². The summed E-state index contributed by atoms with van der Waals surface area (Å²) in [4.78, 5) is 14.1. The summed E-state index contributed by atoms with van der Waals surface area (Å²) < 4.78 is 5.66. The fraction of sp³-hybridized carbons (Fsp3) is 0.381. The number of benzene rings is 2. The third kappa shape index (κ3) is 3.14. The molecule has 0 spiro atoms. The lowest BCUT2D eigenvalue weighted by Crippen LogP contribution is -2.50. The molecule has 1 aliphatic carbocycles. The van der Waals surface area contributed by atoms with Crippen LogP contribution in [0.3, 0.4) is 0 Å². The molecule has 25 heavy (non-hydrogen) atoms. The van der Waals surface area contributed by atoms with Gasteiger partial charge in [-0.15, -0.1) is 0 Å². The van der Waals surface area contributed by atoms with Crippen molar-refractivity contribution in [1.82, 2.24) is 4.90 Å². The molecule has 0 aliphatic heterocycles. The highest BCUT2D eigenvalue weighted by atomic mass is 16.6. The molecular weight excluding hydrogens is 314 g/mol. The highest BCUT2D eigenvalue weighted by Gasteiger charge is 2.33. The average molecular weight is 339 g/mol. The number of aliphatic hydroxyl groups is 1. The zero-order chi connectivity index (χ0) is 18.0. The highest BCUT2D eigenvalue weighted by molar-refractivity contribution is 5.79. The lowest BCUT2D eigenvalue weighted by molar-refractivity contribution is 0.0367. The van der Waals surface area contributed by atoms with Gasteiger partial charge in [0.1, 0.15) is 6.61 Å². The number of hydrogen-bond donors (Lipinski definition) is 1. The number of ether oxygens (including phenoxy) is 1. The number of hydrogen-bond acceptors (Lipinski definition) is 3. The van der Waals surface area contributed by atoms with Gasteiger partial charge in [-0.3, -0.25) is 0 Å². The van der Waals surface area contributed by atoms with Crippen molar-refractivity contribution < 1.29 is 14.6 Å². The van der Waals surface area contributed by atoms with Gasteiger partial charge < -0.3 is 14.7 Å². The van der Waals surface area contributed by atoms with Crippen molar-refractivity contribution in [2.45, 2.75) is 32.2 Å². The van der Waals surface area contributed by atoms with Crippen molar-refractivity contribution in [1.29, 1.82) is 0 Å². The molecule has 0 atom stereocenters. The van der Waals surface area contributed by atoms with Gasteiger partial charge in [0.2, 0.25) is 0 Å². The predicted molar refractivity (Wildman–Crippen MR) is 98.6 cm³/mol. The van der Waals surface area contributed by atoms with Gasteiger partial charge in [-0.05, 0) is 43.0 Å². The number of fused-ring (bicyclic) bond motifs is 3. The third-order valence-electron chi connectivity index (χ3n) is 4.99. The minimum atomic E-state index is -0.642. The minimum Gasteiger partial charge on any atom is -0.448 e. The molecule has 3 rings (SSSR count). The van der Waals surface area contributed by atoms with Crippen LogP contribution in [-0.4, -0.2) is 41.4 Å². The molecule has 132 valence electrons. The zero-order valence-corrected chi connectivity index (χ0v) is 15.0. The number of nitrogens with zero attached hydrogens (tertiary/aromatic N) is 1. The molecule has 1 aliphatic rings. The van der Waals surface area contributed by atoms with E-state index < -0.39 is 5.54 Å².